The van der Waals surface area contributed by atoms with Crippen LogP contribution in [0.25, 0.3) is 0 Å². The van der Waals surface area contributed by atoms with Crippen LogP contribution in [0.5, 0.6) is 0 Å². The molecule has 2 heteroatoms. The third-order valence-electron chi connectivity index (χ3n) is 2.00. The number of aliphatic hydroxyl groups is 1. The van der Waals surface area contributed by atoms with E-state index in [1.807, 2.05) is 6.08 Å². The molecular formula is C9H16O2. The third-order valence-corrected chi connectivity index (χ3v) is 2.00. The number of aliphatic hydroxyl groups excluding tert-OH is 1. The zero-order chi connectivity index (χ0) is 7.94. The first kappa shape index (κ1) is 8.75. The van der Waals surface area contributed by atoms with Gasteiger partial charge in [0.2, 0.25) is 0 Å². The summed E-state index contributed by atoms with van der Waals surface area (Å²) in [6.07, 6.45) is 9.13. The highest BCUT2D eigenvalue weighted by Crippen LogP contribution is 2.20. The highest BCUT2D eigenvalue weighted by molar-refractivity contribution is 4.81. The Morgan fingerprint density at radius 1 is 1.27 bits per heavy atom. The van der Waals surface area contributed by atoms with Crippen LogP contribution in [0.1, 0.15) is 25.7 Å². The van der Waals surface area contributed by atoms with Gasteiger partial charge in [0.1, 0.15) is 0 Å². The number of ether oxygens (including phenoxy) is 1. The zero-order valence-corrected chi connectivity index (χ0v) is 6.83. The van der Waals surface area contributed by atoms with E-state index in [1.165, 1.54) is 25.7 Å². The summed E-state index contributed by atoms with van der Waals surface area (Å²) in [6.45, 7) is 0.777. The Bertz CT molecular complexity index is 115. The molecule has 0 bridgehead atoms. The van der Waals surface area contributed by atoms with Crippen LogP contribution in [0.4, 0.5) is 0 Å². The summed E-state index contributed by atoms with van der Waals surface area (Å²) in [4.78, 5) is 0. The molecule has 1 fully saturated rings. The Hall–Kier alpha value is -0.340. The maximum Gasteiger partial charge on any atom is 0.0652 e. The normalized spacial score (nSPS) is 20.1. The molecule has 1 rings (SSSR count). The van der Waals surface area contributed by atoms with Crippen molar-refractivity contribution in [2.45, 2.75) is 31.8 Å². The summed E-state index contributed by atoms with van der Waals surface area (Å²) in [7, 11) is 0. The molecular weight excluding hydrogens is 140 g/mol. The molecule has 2 nitrogen and oxygen atoms in total. The lowest BCUT2D eigenvalue weighted by Gasteiger charge is -2.07. The lowest BCUT2D eigenvalue weighted by molar-refractivity contribution is 0.0797. The summed E-state index contributed by atoms with van der Waals surface area (Å²) < 4.78 is 5.51. The molecule has 0 aromatic heterocycles. The van der Waals surface area contributed by atoms with Gasteiger partial charge in [-0.1, -0.05) is 25.0 Å². The van der Waals surface area contributed by atoms with Gasteiger partial charge in [0.25, 0.3) is 0 Å². The molecule has 1 N–H and O–H groups in total. The van der Waals surface area contributed by atoms with E-state index in [2.05, 4.69) is 0 Å². The number of rotatable bonds is 4. The van der Waals surface area contributed by atoms with Crippen molar-refractivity contribution >= 4 is 0 Å². The summed E-state index contributed by atoms with van der Waals surface area (Å²) >= 11 is 0. The molecule has 0 aliphatic heterocycles. The summed E-state index contributed by atoms with van der Waals surface area (Å²) in [5.74, 6) is 0. The molecule has 0 aromatic carbocycles. The van der Waals surface area contributed by atoms with Crippen molar-refractivity contribution in [3.05, 3.63) is 12.2 Å². The Morgan fingerprint density at radius 3 is 2.64 bits per heavy atom. The second kappa shape index (κ2) is 5.33. The molecule has 11 heavy (non-hydrogen) atoms. The van der Waals surface area contributed by atoms with Gasteiger partial charge in [-0.15, -0.1) is 0 Å². The van der Waals surface area contributed by atoms with Crippen LogP contribution in [0, 0.1) is 0 Å². The minimum absolute atomic E-state index is 0.119. The van der Waals surface area contributed by atoms with Crippen molar-refractivity contribution in [1.82, 2.24) is 0 Å². The molecule has 1 saturated carbocycles. The lowest BCUT2D eigenvalue weighted by Crippen LogP contribution is -2.06. The second-order valence-electron chi connectivity index (χ2n) is 2.89. The lowest BCUT2D eigenvalue weighted by atomic mass is 10.3. The Labute approximate surface area is 67.9 Å². The van der Waals surface area contributed by atoms with Gasteiger partial charge in [0.05, 0.1) is 19.3 Å². The SMILES string of the molecule is OC/C=C/COC1CCCC1. The number of hydrogen-bond acceptors (Lipinski definition) is 2. The van der Waals surface area contributed by atoms with Crippen molar-refractivity contribution in [2.24, 2.45) is 0 Å². The first-order valence-corrected chi connectivity index (χ1v) is 4.31. The monoisotopic (exact) mass is 156 g/mol. The first-order valence-electron chi connectivity index (χ1n) is 4.31. The van der Waals surface area contributed by atoms with E-state index >= 15 is 0 Å². The molecule has 0 radical (unpaired) electrons. The van der Waals surface area contributed by atoms with E-state index in [4.69, 9.17) is 9.84 Å². The average Bonchev–Trinajstić information content (AvgIpc) is 2.50. The molecule has 0 atom stereocenters. The average molecular weight is 156 g/mol. The third kappa shape index (κ3) is 3.54. The summed E-state index contributed by atoms with van der Waals surface area (Å²) in [5, 5.41) is 8.42. The molecule has 1 aliphatic carbocycles. The molecule has 1 aliphatic rings. The standard InChI is InChI=1S/C9H16O2/c10-7-3-4-8-11-9-5-1-2-6-9/h3-4,9-10H,1-2,5-8H2/b4-3+. The molecule has 0 amide bonds. The van der Waals surface area contributed by atoms with Crippen LogP contribution in [0.3, 0.4) is 0 Å². The van der Waals surface area contributed by atoms with Gasteiger partial charge >= 0.3 is 0 Å². The fourth-order valence-electron chi connectivity index (χ4n) is 1.39. The Morgan fingerprint density at radius 2 is 2.00 bits per heavy atom. The van der Waals surface area contributed by atoms with Crippen molar-refractivity contribution < 1.29 is 9.84 Å². The van der Waals surface area contributed by atoms with Crippen molar-refractivity contribution in [3.63, 3.8) is 0 Å². The molecule has 0 aromatic rings. The Kier molecular flexibility index (Phi) is 4.24. The summed E-state index contributed by atoms with van der Waals surface area (Å²) in [5.41, 5.74) is 0. The van der Waals surface area contributed by atoms with Gasteiger partial charge in [-0.25, -0.2) is 0 Å². The fraction of sp³-hybridized carbons (Fsp3) is 0.778. The van der Waals surface area contributed by atoms with E-state index < -0.39 is 0 Å². The highest BCUT2D eigenvalue weighted by atomic mass is 16.5. The van der Waals surface area contributed by atoms with Crippen molar-refractivity contribution in [1.29, 1.82) is 0 Å². The predicted molar refractivity (Wildman–Crippen MR) is 44.4 cm³/mol. The quantitative estimate of drug-likeness (QED) is 0.625. The van der Waals surface area contributed by atoms with Crippen LogP contribution in [-0.2, 0) is 4.74 Å². The maximum atomic E-state index is 8.42. The van der Waals surface area contributed by atoms with Crippen LogP contribution >= 0.6 is 0 Å². The topological polar surface area (TPSA) is 29.5 Å². The van der Waals surface area contributed by atoms with Crippen molar-refractivity contribution in [3.8, 4) is 0 Å². The van der Waals surface area contributed by atoms with Gasteiger partial charge in [-0.3, -0.25) is 0 Å². The fourth-order valence-corrected chi connectivity index (χ4v) is 1.39. The first-order chi connectivity index (χ1) is 5.43. The Balaban J connectivity index is 1.97. The van der Waals surface area contributed by atoms with E-state index in [1.54, 1.807) is 6.08 Å². The molecule has 64 valence electrons. The highest BCUT2D eigenvalue weighted by Gasteiger charge is 2.13. The molecule has 0 saturated heterocycles. The molecule has 0 spiro atoms. The molecule has 0 heterocycles. The minimum atomic E-state index is 0.119. The van der Waals surface area contributed by atoms with E-state index in [9.17, 15) is 0 Å². The van der Waals surface area contributed by atoms with E-state index in [0.717, 1.165) is 0 Å². The van der Waals surface area contributed by atoms with Crippen LogP contribution < -0.4 is 0 Å². The predicted octanol–water partition coefficient (Wildman–Crippen LogP) is 1.49. The smallest absolute Gasteiger partial charge is 0.0652 e. The minimum Gasteiger partial charge on any atom is -0.392 e. The van der Waals surface area contributed by atoms with Gasteiger partial charge in [0.15, 0.2) is 0 Å². The molecule has 0 unspecified atom stereocenters. The number of hydrogen-bond donors (Lipinski definition) is 1. The zero-order valence-electron chi connectivity index (χ0n) is 6.83. The van der Waals surface area contributed by atoms with Crippen LogP contribution in [-0.4, -0.2) is 24.4 Å². The van der Waals surface area contributed by atoms with Gasteiger partial charge in [-0.05, 0) is 12.8 Å². The van der Waals surface area contributed by atoms with E-state index in [-0.39, 0.29) is 6.61 Å². The van der Waals surface area contributed by atoms with Crippen LogP contribution in [0.2, 0.25) is 0 Å². The van der Waals surface area contributed by atoms with E-state index in [0.29, 0.717) is 12.7 Å². The van der Waals surface area contributed by atoms with Gasteiger partial charge in [-0.2, -0.15) is 0 Å². The largest absolute Gasteiger partial charge is 0.392 e. The maximum absolute atomic E-state index is 8.42. The van der Waals surface area contributed by atoms with Gasteiger partial charge in [0, 0.05) is 0 Å². The van der Waals surface area contributed by atoms with Crippen LogP contribution in [0.15, 0.2) is 12.2 Å². The second-order valence-corrected chi connectivity index (χ2v) is 2.89. The van der Waals surface area contributed by atoms with Gasteiger partial charge < -0.3 is 9.84 Å². The van der Waals surface area contributed by atoms with Crippen molar-refractivity contribution in [2.75, 3.05) is 13.2 Å². The summed E-state index contributed by atoms with van der Waals surface area (Å²) in [6, 6.07) is 0.